The second-order valence-corrected chi connectivity index (χ2v) is 4.99. The standard InChI is InChI=1S/C15H17N3O2/c1-10(2)9-12-5-7-13(8-6-12)14-15(18(19)20)16-11(3)17(14)4/h5-9H,1-4H3. The van der Waals surface area contributed by atoms with Crippen molar-refractivity contribution in [2.75, 3.05) is 0 Å². The topological polar surface area (TPSA) is 61.0 Å². The molecule has 0 aliphatic rings. The number of imidazole rings is 1. The molecule has 2 aromatic rings. The Hall–Kier alpha value is -2.43. The molecule has 0 atom stereocenters. The van der Waals surface area contributed by atoms with Gasteiger partial charge in [-0.15, -0.1) is 0 Å². The smallest absolute Gasteiger partial charge is 0.358 e. The van der Waals surface area contributed by atoms with Crippen molar-refractivity contribution >= 4 is 11.9 Å². The Balaban J connectivity index is 2.52. The van der Waals surface area contributed by atoms with E-state index in [2.05, 4.69) is 11.1 Å². The van der Waals surface area contributed by atoms with Gasteiger partial charge in [-0.2, -0.15) is 0 Å². The Labute approximate surface area is 117 Å². The first-order chi connectivity index (χ1) is 9.40. The van der Waals surface area contributed by atoms with Gasteiger partial charge in [0, 0.05) is 19.5 Å². The normalized spacial score (nSPS) is 10.4. The average molecular weight is 271 g/mol. The van der Waals surface area contributed by atoms with Gasteiger partial charge in [-0.05, 0) is 29.3 Å². The first-order valence-corrected chi connectivity index (χ1v) is 6.33. The number of aryl methyl sites for hydroxylation is 1. The molecule has 0 saturated carbocycles. The number of rotatable bonds is 3. The van der Waals surface area contributed by atoms with E-state index >= 15 is 0 Å². The monoisotopic (exact) mass is 271 g/mol. The maximum atomic E-state index is 11.1. The minimum Gasteiger partial charge on any atom is -0.358 e. The third-order valence-corrected chi connectivity index (χ3v) is 3.11. The highest BCUT2D eigenvalue weighted by molar-refractivity contribution is 5.70. The molecule has 104 valence electrons. The Morgan fingerprint density at radius 1 is 1.30 bits per heavy atom. The molecule has 0 fully saturated rings. The van der Waals surface area contributed by atoms with Crippen molar-refractivity contribution < 1.29 is 4.92 Å². The molecule has 1 aromatic heterocycles. The van der Waals surface area contributed by atoms with Gasteiger partial charge < -0.3 is 14.7 Å². The number of aromatic nitrogens is 2. The van der Waals surface area contributed by atoms with Gasteiger partial charge in [0.15, 0.2) is 0 Å². The zero-order valence-corrected chi connectivity index (χ0v) is 12.0. The highest BCUT2D eigenvalue weighted by Crippen LogP contribution is 2.30. The maximum absolute atomic E-state index is 11.1. The van der Waals surface area contributed by atoms with Crippen LogP contribution in [0.2, 0.25) is 0 Å². The molecule has 1 aromatic carbocycles. The zero-order chi connectivity index (χ0) is 14.9. The molecule has 0 radical (unpaired) electrons. The highest BCUT2D eigenvalue weighted by atomic mass is 16.6. The fraction of sp³-hybridized carbons (Fsp3) is 0.267. The lowest BCUT2D eigenvalue weighted by molar-refractivity contribution is -0.388. The highest BCUT2D eigenvalue weighted by Gasteiger charge is 2.24. The summed E-state index contributed by atoms with van der Waals surface area (Å²) in [4.78, 5) is 14.7. The average Bonchev–Trinajstić information content (AvgIpc) is 2.67. The molecule has 0 aliphatic carbocycles. The van der Waals surface area contributed by atoms with Crippen molar-refractivity contribution in [2.24, 2.45) is 7.05 Å². The summed E-state index contributed by atoms with van der Waals surface area (Å²) in [5.74, 6) is 0.528. The number of benzene rings is 1. The Bertz CT molecular complexity index is 678. The van der Waals surface area contributed by atoms with Crippen LogP contribution >= 0.6 is 0 Å². The predicted molar refractivity (Wildman–Crippen MR) is 79.4 cm³/mol. The molecule has 5 heteroatoms. The summed E-state index contributed by atoms with van der Waals surface area (Å²) in [5.41, 5.74) is 3.62. The van der Waals surface area contributed by atoms with E-state index < -0.39 is 4.92 Å². The van der Waals surface area contributed by atoms with E-state index in [1.54, 1.807) is 18.5 Å². The van der Waals surface area contributed by atoms with Crippen LogP contribution in [-0.4, -0.2) is 14.5 Å². The largest absolute Gasteiger partial charge is 0.390 e. The summed E-state index contributed by atoms with van der Waals surface area (Å²) in [6.45, 7) is 5.82. The lowest BCUT2D eigenvalue weighted by Crippen LogP contribution is -1.96. The fourth-order valence-corrected chi connectivity index (χ4v) is 2.11. The van der Waals surface area contributed by atoms with Crippen LogP contribution < -0.4 is 0 Å². The molecule has 0 spiro atoms. The van der Waals surface area contributed by atoms with Crippen molar-refractivity contribution in [1.82, 2.24) is 9.55 Å². The fourth-order valence-electron chi connectivity index (χ4n) is 2.11. The summed E-state index contributed by atoms with van der Waals surface area (Å²) in [5, 5.41) is 11.1. The molecule has 0 bridgehead atoms. The van der Waals surface area contributed by atoms with Crippen LogP contribution in [-0.2, 0) is 7.05 Å². The quantitative estimate of drug-likeness (QED) is 0.631. The van der Waals surface area contributed by atoms with Crippen molar-refractivity contribution in [2.45, 2.75) is 20.8 Å². The molecule has 2 rings (SSSR count). The number of nitrogens with zero attached hydrogens (tertiary/aromatic N) is 3. The first kappa shape index (κ1) is 14.0. The zero-order valence-electron chi connectivity index (χ0n) is 12.0. The van der Waals surface area contributed by atoms with Gasteiger partial charge in [-0.1, -0.05) is 35.9 Å². The van der Waals surface area contributed by atoms with Crippen LogP contribution in [0.1, 0.15) is 25.2 Å². The lowest BCUT2D eigenvalue weighted by atomic mass is 10.1. The van der Waals surface area contributed by atoms with Gasteiger partial charge in [0.25, 0.3) is 0 Å². The molecule has 1 heterocycles. The van der Waals surface area contributed by atoms with Crippen LogP contribution in [0.25, 0.3) is 17.3 Å². The molecule has 0 saturated heterocycles. The molecule has 0 aliphatic heterocycles. The first-order valence-electron chi connectivity index (χ1n) is 6.33. The van der Waals surface area contributed by atoms with Crippen LogP contribution in [0.4, 0.5) is 5.82 Å². The molecule has 0 amide bonds. The predicted octanol–water partition coefficient (Wildman–Crippen LogP) is 3.73. The summed E-state index contributed by atoms with van der Waals surface area (Å²) in [7, 11) is 1.79. The summed E-state index contributed by atoms with van der Waals surface area (Å²) >= 11 is 0. The molecular formula is C15H17N3O2. The van der Waals surface area contributed by atoms with E-state index in [1.807, 2.05) is 38.1 Å². The third-order valence-electron chi connectivity index (χ3n) is 3.11. The molecule has 0 unspecified atom stereocenters. The Morgan fingerprint density at radius 3 is 2.40 bits per heavy atom. The van der Waals surface area contributed by atoms with Crippen molar-refractivity contribution in [3.63, 3.8) is 0 Å². The lowest BCUT2D eigenvalue weighted by Gasteiger charge is -2.04. The SMILES string of the molecule is CC(C)=Cc1ccc(-c2c([N+](=O)[O-])nc(C)n2C)cc1. The second-order valence-electron chi connectivity index (χ2n) is 4.99. The van der Waals surface area contributed by atoms with E-state index in [4.69, 9.17) is 0 Å². The summed E-state index contributed by atoms with van der Waals surface area (Å²) in [6, 6.07) is 7.68. The molecule has 5 nitrogen and oxygen atoms in total. The molecule has 20 heavy (non-hydrogen) atoms. The van der Waals surface area contributed by atoms with Gasteiger partial charge >= 0.3 is 5.82 Å². The van der Waals surface area contributed by atoms with Gasteiger partial charge in [-0.3, -0.25) is 0 Å². The van der Waals surface area contributed by atoms with E-state index in [0.29, 0.717) is 11.5 Å². The van der Waals surface area contributed by atoms with Crippen molar-refractivity contribution in [1.29, 1.82) is 0 Å². The van der Waals surface area contributed by atoms with Crippen LogP contribution in [0.5, 0.6) is 0 Å². The third kappa shape index (κ3) is 2.61. The molecule has 0 N–H and O–H groups in total. The van der Waals surface area contributed by atoms with E-state index in [-0.39, 0.29) is 5.82 Å². The van der Waals surface area contributed by atoms with E-state index in [1.165, 1.54) is 5.57 Å². The Kier molecular flexibility index (Phi) is 3.70. The number of hydrogen-bond acceptors (Lipinski definition) is 3. The summed E-state index contributed by atoms with van der Waals surface area (Å²) < 4.78 is 1.74. The van der Waals surface area contributed by atoms with Crippen molar-refractivity contribution in [3.8, 4) is 11.3 Å². The van der Waals surface area contributed by atoms with Gasteiger partial charge in [0.05, 0.1) is 0 Å². The second kappa shape index (κ2) is 5.28. The van der Waals surface area contributed by atoms with Gasteiger partial charge in [-0.25, -0.2) is 0 Å². The molecular weight excluding hydrogens is 254 g/mol. The van der Waals surface area contributed by atoms with Gasteiger partial charge in [0.2, 0.25) is 5.82 Å². The van der Waals surface area contributed by atoms with E-state index in [9.17, 15) is 10.1 Å². The van der Waals surface area contributed by atoms with E-state index in [0.717, 1.165) is 11.1 Å². The van der Waals surface area contributed by atoms with Crippen molar-refractivity contribution in [3.05, 3.63) is 51.3 Å². The van der Waals surface area contributed by atoms with Crippen LogP contribution in [0, 0.1) is 17.0 Å². The number of nitro groups is 1. The van der Waals surface area contributed by atoms with Crippen LogP contribution in [0.15, 0.2) is 29.8 Å². The minimum atomic E-state index is -0.438. The maximum Gasteiger partial charge on any atom is 0.390 e. The number of allylic oxidation sites excluding steroid dienone is 1. The summed E-state index contributed by atoms with van der Waals surface area (Å²) in [6.07, 6.45) is 2.06. The minimum absolute atomic E-state index is 0.0973. The van der Waals surface area contributed by atoms with Crippen LogP contribution in [0.3, 0.4) is 0 Å². The Morgan fingerprint density at radius 2 is 1.90 bits per heavy atom. The van der Waals surface area contributed by atoms with Gasteiger partial charge in [0.1, 0.15) is 5.69 Å². The number of hydrogen-bond donors (Lipinski definition) is 0.